The van der Waals surface area contributed by atoms with E-state index in [1.807, 2.05) is 12.4 Å². The Labute approximate surface area is 117 Å². The maximum Gasteiger partial charge on any atom is 0.0471 e. The maximum atomic E-state index is 6.00. The number of aromatic nitrogens is 1. The molecule has 0 saturated heterocycles. The van der Waals surface area contributed by atoms with Gasteiger partial charge in [0, 0.05) is 31.0 Å². The summed E-state index contributed by atoms with van der Waals surface area (Å²) in [5.41, 5.74) is 7.81. The molecule has 3 heteroatoms. The predicted octanol–water partition coefficient (Wildman–Crippen LogP) is 2.98. The van der Waals surface area contributed by atoms with Crippen LogP contribution in [0.3, 0.4) is 0 Å². The monoisotopic (exact) mass is 261 g/mol. The Kier molecular flexibility index (Phi) is 4.58. The fraction of sp³-hybridized carbons (Fsp3) is 0.688. The second-order valence-electron chi connectivity index (χ2n) is 6.59. The summed E-state index contributed by atoms with van der Waals surface area (Å²) in [5, 5.41) is 0. The Hall–Kier alpha value is -0.930. The summed E-state index contributed by atoms with van der Waals surface area (Å²) in [6.07, 6.45) is 8.91. The zero-order valence-electron chi connectivity index (χ0n) is 12.5. The summed E-state index contributed by atoms with van der Waals surface area (Å²) in [7, 11) is 2.22. The molecule has 1 unspecified atom stereocenters. The molecule has 19 heavy (non-hydrogen) atoms. The SMILES string of the molecule is CN(C1CCC(C)(C)CC1)C(CN)c1ccncc1. The highest BCUT2D eigenvalue weighted by atomic mass is 15.2. The van der Waals surface area contributed by atoms with Crippen molar-refractivity contribution in [2.75, 3.05) is 13.6 Å². The smallest absolute Gasteiger partial charge is 0.0471 e. The molecule has 0 spiro atoms. The molecular weight excluding hydrogens is 234 g/mol. The fourth-order valence-electron chi connectivity index (χ4n) is 3.17. The largest absolute Gasteiger partial charge is 0.329 e. The molecule has 2 rings (SSSR count). The van der Waals surface area contributed by atoms with Gasteiger partial charge in [0.25, 0.3) is 0 Å². The van der Waals surface area contributed by atoms with E-state index in [2.05, 4.69) is 42.9 Å². The molecule has 1 fully saturated rings. The van der Waals surface area contributed by atoms with Crippen molar-refractivity contribution < 1.29 is 0 Å². The quantitative estimate of drug-likeness (QED) is 0.906. The summed E-state index contributed by atoms with van der Waals surface area (Å²) in [6, 6.07) is 5.14. The molecule has 1 aliphatic rings. The maximum absolute atomic E-state index is 6.00. The number of hydrogen-bond donors (Lipinski definition) is 1. The lowest BCUT2D eigenvalue weighted by atomic mass is 9.75. The topological polar surface area (TPSA) is 42.1 Å². The Morgan fingerprint density at radius 3 is 2.42 bits per heavy atom. The third-order valence-corrected chi connectivity index (χ3v) is 4.69. The molecule has 1 aliphatic carbocycles. The van der Waals surface area contributed by atoms with Crippen LogP contribution in [0.15, 0.2) is 24.5 Å². The van der Waals surface area contributed by atoms with Crippen molar-refractivity contribution in [3.8, 4) is 0 Å². The fourth-order valence-corrected chi connectivity index (χ4v) is 3.17. The zero-order valence-corrected chi connectivity index (χ0v) is 12.5. The van der Waals surface area contributed by atoms with Gasteiger partial charge in [0.1, 0.15) is 0 Å². The molecule has 106 valence electrons. The molecule has 1 saturated carbocycles. The van der Waals surface area contributed by atoms with Crippen molar-refractivity contribution in [3.05, 3.63) is 30.1 Å². The molecule has 0 aromatic carbocycles. The van der Waals surface area contributed by atoms with Gasteiger partial charge in [-0.1, -0.05) is 13.8 Å². The number of nitrogens with zero attached hydrogens (tertiary/aromatic N) is 2. The van der Waals surface area contributed by atoms with Gasteiger partial charge in [-0.2, -0.15) is 0 Å². The molecule has 1 atom stereocenters. The van der Waals surface area contributed by atoms with Crippen LogP contribution in [0.1, 0.15) is 51.1 Å². The van der Waals surface area contributed by atoms with Gasteiger partial charge in [-0.3, -0.25) is 9.88 Å². The second-order valence-corrected chi connectivity index (χ2v) is 6.59. The summed E-state index contributed by atoms with van der Waals surface area (Å²) in [6.45, 7) is 5.43. The van der Waals surface area contributed by atoms with Crippen LogP contribution in [0.25, 0.3) is 0 Å². The number of pyridine rings is 1. The van der Waals surface area contributed by atoms with Crippen LogP contribution in [-0.4, -0.2) is 29.5 Å². The van der Waals surface area contributed by atoms with E-state index < -0.39 is 0 Å². The summed E-state index contributed by atoms with van der Waals surface area (Å²) in [4.78, 5) is 6.57. The average molecular weight is 261 g/mol. The highest BCUT2D eigenvalue weighted by Gasteiger charge is 2.31. The zero-order chi connectivity index (χ0) is 13.9. The molecule has 1 aromatic rings. The molecule has 3 nitrogen and oxygen atoms in total. The number of nitrogens with two attached hydrogens (primary N) is 1. The first-order valence-corrected chi connectivity index (χ1v) is 7.35. The van der Waals surface area contributed by atoms with Crippen LogP contribution >= 0.6 is 0 Å². The van der Waals surface area contributed by atoms with Gasteiger partial charge in [0.05, 0.1) is 0 Å². The molecule has 2 N–H and O–H groups in total. The minimum Gasteiger partial charge on any atom is -0.329 e. The van der Waals surface area contributed by atoms with Crippen LogP contribution in [0.2, 0.25) is 0 Å². The summed E-state index contributed by atoms with van der Waals surface area (Å²) >= 11 is 0. The van der Waals surface area contributed by atoms with Gasteiger partial charge in [0.15, 0.2) is 0 Å². The number of likely N-dealkylation sites (N-methyl/N-ethyl adjacent to an activating group) is 1. The highest BCUT2D eigenvalue weighted by molar-refractivity contribution is 5.16. The molecular formula is C16H27N3. The van der Waals surface area contributed by atoms with Crippen molar-refractivity contribution in [3.63, 3.8) is 0 Å². The lowest BCUT2D eigenvalue weighted by Gasteiger charge is -2.41. The Balaban J connectivity index is 2.04. The van der Waals surface area contributed by atoms with Crippen LogP contribution in [0.5, 0.6) is 0 Å². The van der Waals surface area contributed by atoms with Crippen molar-refractivity contribution in [2.24, 2.45) is 11.1 Å². The Morgan fingerprint density at radius 1 is 1.32 bits per heavy atom. The van der Waals surface area contributed by atoms with E-state index in [9.17, 15) is 0 Å². The second kappa shape index (κ2) is 6.02. The molecule has 0 radical (unpaired) electrons. The van der Waals surface area contributed by atoms with Gasteiger partial charge in [-0.25, -0.2) is 0 Å². The first kappa shape index (κ1) is 14.5. The third-order valence-electron chi connectivity index (χ3n) is 4.69. The van der Waals surface area contributed by atoms with Crippen LogP contribution < -0.4 is 5.73 Å². The summed E-state index contributed by atoms with van der Waals surface area (Å²) < 4.78 is 0. The Morgan fingerprint density at radius 2 is 1.89 bits per heavy atom. The van der Waals surface area contributed by atoms with Gasteiger partial charge in [0.2, 0.25) is 0 Å². The van der Waals surface area contributed by atoms with Crippen LogP contribution in [0, 0.1) is 5.41 Å². The van der Waals surface area contributed by atoms with Crippen molar-refractivity contribution in [2.45, 2.75) is 51.6 Å². The molecule has 0 amide bonds. The van der Waals surface area contributed by atoms with E-state index in [0.29, 0.717) is 24.0 Å². The molecule has 0 bridgehead atoms. The first-order valence-electron chi connectivity index (χ1n) is 7.35. The molecule has 1 heterocycles. The van der Waals surface area contributed by atoms with Gasteiger partial charge >= 0.3 is 0 Å². The number of rotatable bonds is 4. The summed E-state index contributed by atoms with van der Waals surface area (Å²) in [5.74, 6) is 0. The van der Waals surface area contributed by atoms with E-state index in [1.54, 1.807) is 0 Å². The minimum absolute atomic E-state index is 0.314. The van der Waals surface area contributed by atoms with Crippen molar-refractivity contribution >= 4 is 0 Å². The van der Waals surface area contributed by atoms with E-state index >= 15 is 0 Å². The average Bonchev–Trinajstić information content (AvgIpc) is 2.40. The standard InChI is InChI=1S/C16H27N3/c1-16(2)8-4-14(5-9-16)19(3)15(12-17)13-6-10-18-11-7-13/h6-7,10-11,14-15H,4-5,8-9,12,17H2,1-3H3. The van der Waals surface area contributed by atoms with Gasteiger partial charge < -0.3 is 5.73 Å². The van der Waals surface area contributed by atoms with Crippen molar-refractivity contribution in [1.29, 1.82) is 0 Å². The van der Waals surface area contributed by atoms with E-state index in [4.69, 9.17) is 5.73 Å². The van der Waals surface area contributed by atoms with Crippen LogP contribution in [0.4, 0.5) is 0 Å². The van der Waals surface area contributed by atoms with Crippen LogP contribution in [-0.2, 0) is 0 Å². The third kappa shape index (κ3) is 3.54. The van der Waals surface area contributed by atoms with Gasteiger partial charge in [-0.15, -0.1) is 0 Å². The minimum atomic E-state index is 0.314. The normalized spacial score (nSPS) is 21.5. The lowest BCUT2D eigenvalue weighted by Crippen LogP contribution is -2.41. The van der Waals surface area contributed by atoms with E-state index in [0.717, 1.165) is 0 Å². The van der Waals surface area contributed by atoms with E-state index in [-0.39, 0.29) is 0 Å². The molecule has 1 aromatic heterocycles. The lowest BCUT2D eigenvalue weighted by molar-refractivity contribution is 0.0966. The first-order chi connectivity index (χ1) is 9.03. The predicted molar refractivity (Wildman–Crippen MR) is 79.8 cm³/mol. The van der Waals surface area contributed by atoms with Gasteiger partial charge in [-0.05, 0) is 55.8 Å². The van der Waals surface area contributed by atoms with E-state index in [1.165, 1.54) is 31.2 Å². The highest BCUT2D eigenvalue weighted by Crippen LogP contribution is 2.38. The Bertz CT molecular complexity index is 378. The number of hydrogen-bond acceptors (Lipinski definition) is 3. The van der Waals surface area contributed by atoms with Crippen molar-refractivity contribution in [1.82, 2.24) is 9.88 Å². The molecule has 0 aliphatic heterocycles.